The Bertz CT molecular complexity index is 577. The zero-order valence-corrected chi connectivity index (χ0v) is 12.4. The van der Waals surface area contributed by atoms with E-state index in [9.17, 15) is 4.79 Å². The third-order valence-electron chi connectivity index (χ3n) is 3.71. The number of rotatable bonds is 3. The number of fused-ring (bicyclic) bond motifs is 1. The first kappa shape index (κ1) is 13.5. The molecule has 2 aromatic rings. The number of hydrogen-bond donors (Lipinski definition) is 1. The van der Waals surface area contributed by atoms with Gasteiger partial charge >= 0.3 is 0 Å². The summed E-state index contributed by atoms with van der Waals surface area (Å²) in [7, 11) is 0. The molecule has 1 aliphatic rings. The molecule has 20 heavy (non-hydrogen) atoms. The lowest BCUT2D eigenvalue weighted by Gasteiger charge is -2.34. The summed E-state index contributed by atoms with van der Waals surface area (Å²) in [6, 6.07) is 8.43. The molecule has 1 N–H and O–H groups in total. The van der Waals surface area contributed by atoms with Gasteiger partial charge in [-0.2, -0.15) is 0 Å². The highest BCUT2D eigenvalue weighted by atomic mass is 32.1. The summed E-state index contributed by atoms with van der Waals surface area (Å²) in [5.74, 6) is 0.248. The predicted octanol–water partition coefficient (Wildman–Crippen LogP) is 2.05. The van der Waals surface area contributed by atoms with Crippen molar-refractivity contribution in [3.63, 3.8) is 0 Å². The van der Waals surface area contributed by atoms with Crippen molar-refractivity contribution < 1.29 is 4.79 Å². The number of nitrogens with one attached hydrogen (secondary N) is 1. The second kappa shape index (κ2) is 5.89. The largest absolute Gasteiger partial charge is 0.337 e. The summed E-state index contributed by atoms with van der Waals surface area (Å²) >= 11 is 1.69. The van der Waals surface area contributed by atoms with E-state index in [-0.39, 0.29) is 5.91 Å². The number of thiazole rings is 1. The lowest BCUT2D eigenvalue weighted by molar-refractivity contribution is -0.133. The van der Waals surface area contributed by atoms with Gasteiger partial charge in [-0.3, -0.25) is 4.79 Å². The fourth-order valence-electron chi connectivity index (χ4n) is 2.60. The van der Waals surface area contributed by atoms with E-state index in [0.29, 0.717) is 12.5 Å². The average Bonchev–Trinajstić information content (AvgIpc) is 2.88. The Morgan fingerprint density at radius 2 is 2.35 bits per heavy atom. The van der Waals surface area contributed by atoms with Crippen LogP contribution in [0.25, 0.3) is 10.2 Å². The van der Waals surface area contributed by atoms with Gasteiger partial charge in [0.15, 0.2) is 0 Å². The zero-order chi connectivity index (χ0) is 13.9. The Labute approximate surface area is 122 Å². The monoisotopic (exact) mass is 289 g/mol. The van der Waals surface area contributed by atoms with Crippen LogP contribution in [0.15, 0.2) is 24.3 Å². The molecule has 2 heterocycles. The van der Waals surface area contributed by atoms with Gasteiger partial charge in [0.05, 0.1) is 15.2 Å². The highest BCUT2D eigenvalue weighted by molar-refractivity contribution is 7.18. The van der Waals surface area contributed by atoms with Crippen molar-refractivity contribution in [1.29, 1.82) is 0 Å². The molecule has 4 nitrogen and oxygen atoms in total. The van der Waals surface area contributed by atoms with E-state index in [1.165, 1.54) is 4.70 Å². The maximum Gasteiger partial charge on any atom is 0.223 e. The highest BCUT2D eigenvalue weighted by Crippen LogP contribution is 2.22. The molecule has 1 fully saturated rings. The molecule has 106 valence electrons. The van der Waals surface area contributed by atoms with Crippen LogP contribution in [0.4, 0.5) is 0 Å². The highest BCUT2D eigenvalue weighted by Gasteiger charge is 2.22. The lowest BCUT2D eigenvalue weighted by atomic mass is 10.2. The van der Waals surface area contributed by atoms with E-state index in [1.54, 1.807) is 11.3 Å². The van der Waals surface area contributed by atoms with Crippen LogP contribution in [0.3, 0.4) is 0 Å². The number of aromatic nitrogens is 1. The number of amides is 1. The molecule has 1 atom stereocenters. The SMILES string of the molecule is C[C@@H]1CNCCN1C(=O)CCc1nc2ccccc2s1. The fourth-order valence-corrected chi connectivity index (χ4v) is 3.56. The molecule has 5 heteroatoms. The van der Waals surface area contributed by atoms with E-state index in [4.69, 9.17) is 0 Å². The molecule has 0 unspecified atom stereocenters. The molecule has 3 rings (SSSR count). The van der Waals surface area contributed by atoms with E-state index >= 15 is 0 Å². The van der Waals surface area contributed by atoms with Crippen molar-refractivity contribution in [3.8, 4) is 0 Å². The average molecular weight is 289 g/mol. The minimum atomic E-state index is 0.248. The van der Waals surface area contributed by atoms with Gasteiger partial charge in [0, 0.05) is 38.5 Å². The number of benzene rings is 1. The van der Waals surface area contributed by atoms with Crippen LogP contribution in [-0.4, -0.2) is 41.5 Å². The number of carbonyl (C=O) groups excluding carboxylic acids is 1. The summed E-state index contributed by atoms with van der Waals surface area (Å²) in [4.78, 5) is 18.8. The van der Waals surface area contributed by atoms with Crippen LogP contribution in [0.1, 0.15) is 18.4 Å². The number of aryl methyl sites for hydroxylation is 1. The topological polar surface area (TPSA) is 45.2 Å². The fraction of sp³-hybridized carbons (Fsp3) is 0.467. The number of hydrogen-bond acceptors (Lipinski definition) is 4. The summed E-state index contributed by atoms with van der Waals surface area (Å²) in [6.45, 7) is 4.71. The molecule has 1 amide bonds. The van der Waals surface area contributed by atoms with Gasteiger partial charge in [-0.25, -0.2) is 4.98 Å². The third kappa shape index (κ3) is 2.83. The molecule has 0 saturated carbocycles. The number of para-hydroxylation sites is 1. The van der Waals surface area contributed by atoms with E-state index in [1.807, 2.05) is 23.1 Å². The minimum absolute atomic E-state index is 0.248. The van der Waals surface area contributed by atoms with Gasteiger partial charge in [0.25, 0.3) is 0 Å². The van der Waals surface area contributed by atoms with Gasteiger partial charge < -0.3 is 10.2 Å². The summed E-state index contributed by atoms with van der Waals surface area (Å²) < 4.78 is 1.20. The molecule has 0 spiro atoms. The number of nitrogens with zero attached hydrogens (tertiary/aromatic N) is 2. The normalized spacial score (nSPS) is 19.4. The van der Waals surface area contributed by atoms with Crippen LogP contribution in [-0.2, 0) is 11.2 Å². The van der Waals surface area contributed by atoms with Crippen molar-refractivity contribution in [2.45, 2.75) is 25.8 Å². The molecular weight excluding hydrogens is 270 g/mol. The van der Waals surface area contributed by atoms with Crippen LogP contribution in [0, 0.1) is 0 Å². The first-order valence-electron chi connectivity index (χ1n) is 7.08. The molecule has 0 bridgehead atoms. The Morgan fingerprint density at radius 3 is 3.15 bits per heavy atom. The number of piperazine rings is 1. The maximum atomic E-state index is 12.3. The second-order valence-corrected chi connectivity index (χ2v) is 6.33. The van der Waals surface area contributed by atoms with Gasteiger partial charge in [-0.1, -0.05) is 12.1 Å². The van der Waals surface area contributed by atoms with Crippen LogP contribution >= 0.6 is 11.3 Å². The summed E-state index contributed by atoms with van der Waals surface area (Å²) in [5, 5.41) is 4.36. The van der Waals surface area contributed by atoms with Gasteiger partial charge in [0.2, 0.25) is 5.91 Å². The summed E-state index contributed by atoms with van der Waals surface area (Å²) in [6.07, 6.45) is 1.30. The Balaban J connectivity index is 1.62. The molecule has 1 aliphatic heterocycles. The van der Waals surface area contributed by atoms with Crippen LogP contribution in [0.2, 0.25) is 0 Å². The van der Waals surface area contributed by atoms with Gasteiger partial charge in [-0.15, -0.1) is 11.3 Å². The van der Waals surface area contributed by atoms with E-state index < -0.39 is 0 Å². The molecule has 0 aliphatic carbocycles. The van der Waals surface area contributed by atoms with Crippen LogP contribution in [0.5, 0.6) is 0 Å². The van der Waals surface area contributed by atoms with Crippen molar-refractivity contribution in [2.75, 3.05) is 19.6 Å². The van der Waals surface area contributed by atoms with Gasteiger partial charge in [0.1, 0.15) is 0 Å². The second-order valence-electron chi connectivity index (χ2n) is 5.22. The lowest BCUT2D eigenvalue weighted by Crippen LogP contribution is -2.52. The first-order valence-corrected chi connectivity index (χ1v) is 7.90. The Morgan fingerprint density at radius 1 is 1.50 bits per heavy atom. The zero-order valence-electron chi connectivity index (χ0n) is 11.6. The molecule has 1 saturated heterocycles. The van der Waals surface area contributed by atoms with E-state index in [2.05, 4.69) is 23.3 Å². The van der Waals surface area contributed by atoms with Crippen molar-refractivity contribution in [1.82, 2.24) is 15.2 Å². The molecule has 1 aromatic heterocycles. The minimum Gasteiger partial charge on any atom is -0.337 e. The first-order chi connectivity index (χ1) is 9.74. The Kier molecular flexibility index (Phi) is 3.98. The summed E-state index contributed by atoms with van der Waals surface area (Å²) in [5.41, 5.74) is 1.04. The van der Waals surface area contributed by atoms with Gasteiger partial charge in [-0.05, 0) is 19.1 Å². The standard InChI is InChI=1S/C15H19N3OS/c1-11-10-16-8-9-18(11)15(19)7-6-14-17-12-4-2-3-5-13(12)20-14/h2-5,11,16H,6-10H2,1H3/t11-/m1/s1. The Hall–Kier alpha value is -1.46. The molecule has 1 aromatic carbocycles. The van der Waals surface area contributed by atoms with E-state index in [0.717, 1.165) is 36.6 Å². The van der Waals surface area contributed by atoms with Crippen LogP contribution < -0.4 is 5.32 Å². The van der Waals surface area contributed by atoms with Crippen molar-refractivity contribution >= 4 is 27.5 Å². The van der Waals surface area contributed by atoms with Crippen molar-refractivity contribution in [2.24, 2.45) is 0 Å². The third-order valence-corrected chi connectivity index (χ3v) is 4.81. The molecule has 0 radical (unpaired) electrons. The predicted molar refractivity (Wildman–Crippen MR) is 82.0 cm³/mol. The smallest absolute Gasteiger partial charge is 0.223 e. The molecular formula is C15H19N3OS. The van der Waals surface area contributed by atoms with Crippen molar-refractivity contribution in [3.05, 3.63) is 29.3 Å². The maximum absolute atomic E-state index is 12.3. The number of carbonyl (C=O) groups is 1. The quantitative estimate of drug-likeness (QED) is 0.940.